The average Bonchev–Trinajstić information content (AvgIpc) is 3.36. The van der Waals surface area contributed by atoms with Crippen molar-refractivity contribution in [2.24, 2.45) is 0 Å². The second kappa shape index (κ2) is 9.42. The van der Waals surface area contributed by atoms with E-state index in [-0.39, 0.29) is 5.91 Å². The Morgan fingerprint density at radius 3 is 2.56 bits per heavy atom. The van der Waals surface area contributed by atoms with Gasteiger partial charge in [0.05, 0.1) is 16.7 Å². The van der Waals surface area contributed by atoms with Crippen molar-refractivity contribution in [3.05, 3.63) is 100 Å². The Hall–Kier alpha value is -3.35. The van der Waals surface area contributed by atoms with Gasteiger partial charge in [-0.1, -0.05) is 42.5 Å². The van der Waals surface area contributed by atoms with Crippen LogP contribution in [0.2, 0.25) is 0 Å². The predicted octanol–water partition coefficient (Wildman–Crippen LogP) is 5.13. The lowest BCUT2D eigenvalue weighted by Crippen LogP contribution is -2.32. The molecule has 0 bridgehead atoms. The molecule has 0 radical (unpaired) electrons. The number of aromatic nitrogens is 2. The first-order chi connectivity index (χ1) is 15.8. The summed E-state index contributed by atoms with van der Waals surface area (Å²) < 4.78 is 0. The van der Waals surface area contributed by atoms with Crippen molar-refractivity contribution < 1.29 is 4.79 Å². The maximum absolute atomic E-state index is 13.1. The first-order valence-electron chi connectivity index (χ1n) is 10.8. The van der Waals surface area contributed by atoms with Crippen molar-refractivity contribution in [2.75, 3.05) is 13.1 Å². The van der Waals surface area contributed by atoms with Crippen LogP contribution in [0.4, 0.5) is 0 Å². The van der Waals surface area contributed by atoms with E-state index < -0.39 is 0 Å². The van der Waals surface area contributed by atoms with E-state index >= 15 is 0 Å². The molecule has 1 aliphatic heterocycles. The molecule has 2 aromatic heterocycles. The molecule has 2 aromatic carbocycles. The van der Waals surface area contributed by atoms with E-state index in [1.54, 1.807) is 11.3 Å². The molecule has 4 aromatic rings. The Kier molecular flexibility index (Phi) is 6.05. The summed E-state index contributed by atoms with van der Waals surface area (Å²) in [7, 11) is 0. The van der Waals surface area contributed by atoms with E-state index in [2.05, 4.69) is 43.8 Å². The molecular formula is C26H24N4OS. The topological polar surface area (TPSA) is 58.1 Å². The fourth-order valence-electron chi connectivity index (χ4n) is 4.20. The number of hydrogen-bond donors (Lipinski definition) is 1. The predicted molar refractivity (Wildman–Crippen MR) is 129 cm³/mol. The summed E-state index contributed by atoms with van der Waals surface area (Å²) >= 11 is 1.64. The number of carbonyl (C=O) groups is 1. The molecule has 6 heteroatoms. The van der Waals surface area contributed by atoms with Crippen molar-refractivity contribution >= 4 is 33.8 Å². The van der Waals surface area contributed by atoms with Crippen LogP contribution in [-0.2, 0) is 6.54 Å². The van der Waals surface area contributed by atoms with E-state index in [0.717, 1.165) is 60.3 Å². The summed E-state index contributed by atoms with van der Waals surface area (Å²) in [5, 5.41) is 6.42. The van der Waals surface area contributed by atoms with E-state index in [1.165, 1.54) is 5.57 Å². The molecule has 0 unspecified atom stereocenters. The zero-order valence-corrected chi connectivity index (χ0v) is 18.5. The Morgan fingerprint density at radius 1 is 0.969 bits per heavy atom. The number of piperidine rings is 1. The van der Waals surface area contributed by atoms with Gasteiger partial charge >= 0.3 is 0 Å². The Bertz CT molecular complexity index is 1240. The number of fused-ring (bicyclic) bond motifs is 1. The molecule has 0 spiro atoms. The number of pyridine rings is 1. The second-order valence-electron chi connectivity index (χ2n) is 7.94. The van der Waals surface area contributed by atoms with Crippen LogP contribution in [0.25, 0.3) is 16.6 Å². The Labute approximate surface area is 191 Å². The maximum Gasteiger partial charge on any atom is 0.255 e. The number of rotatable bonds is 5. The van der Waals surface area contributed by atoms with Gasteiger partial charge in [-0.05, 0) is 36.6 Å². The highest BCUT2D eigenvalue weighted by molar-refractivity contribution is 7.07. The van der Waals surface area contributed by atoms with Gasteiger partial charge in [0.15, 0.2) is 0 Å². The van der Waals surface area contributed by atoms with Gasteiger partial charge in [-0.25, -0.2) is 4.98 Å². The molecule has 1 amide bonds. The van der Waals surface area contributed by atoms with Crippen molar-refractivity contribution in [3.63, 3.8) is 0 Å². The van der Waals surface area contributed by atoms with E-state index in [4.69, 9.17) is 0 Å². The van der Waals surface area contributed by atoms with Crippen LogP contribution in [0.15, 0.2) is 83.3 Å². The lowest BCUT2D eigenvalue weighted by molar-refractivity contribution is 0.0973. The molecule has 1 fully saturated rings. The molecule has 160 valence electrons. The van der Waals surface area contributed by atoms with Crippen LogP contribution in [0.3, 0.4) is 0 Å². The number of para-hydroxylation sites is 1. The number of thiazole rings is 1. The molecule has 5 nitrogen and oxygen atoms in total. The minimum atomic E-state index is -0.0917. The molecule has 1 aliphatic rings. The normalized spacial score (nSPS) is 14.4. The summed E-state index contributed by atoms with van der Waals surface area (Å²) in [6.07, 6.45) is 3.61. The zero-order valence-electron chi connectivity index (χ0n) is 17.7. The van der Waals surface area contributed by atoms with Gasteiger partial charge in [0, 0.05) is 53.4 Å². The zero-order chi connectivity index (χ0) is 21.8. The molecule has 0 aliphatic carbocycles. The molecule has 3 heterocycles. The minimum Gasteiger partial charge on any atom is -0.321 e. The lowest BCUT2D eigenvalue weighted by Gasteiger charge is -2.29. The fourth-order valence-corrected chi connectivity index (χ4v) is 4.75. The van der Waals surface area contributed by atoms with E-state index in [0.29, 0.717) is 5.56 Å². The average molecular weight is 441 g/mol. The van der Waals surface area contributed by atoms with Crippen LogP contribution in [0.5, 0.6) is 0 Å². The number of benzene rings is 2. The Morgan fingerprint density at radius 2 is 1.78 bits per heavy atom. The van der Waals surface area contributed by atoms with Gasteiger partial charge in [0.25, 0.3) is 5.91 Å². The largest absolute Gasteiger partial charge is 0.321 e. The minimum absolute atomic E-state index is 0.0917. The first-order valence-corrected chi connectivity index (χ1v) is 11.7. The van der Waals surface area contributed by atoms with Gasteiger partial charge in [-0.15, -0.1) is 11.3 Å². The maximum atomic E-state index is 13.1. The number of nitrogens with zero attached hydrogens (tertiary/aromatic N) is 3. The third-order valence-electron chi connectivity index (χ3n) is 5.86. The Balaban J connectivity index is 1.48. The van der Waals surface area contributed by atoms with E-state index in [9.17, 15) is 4.79 Å². The lowest BCUT2D eigenvalue weighted by atomic mass is 9.95. The van der Waals surface area contributed by atoms with Crippen molar-refractivity contribution in [1.29, 1.82) is 0 Å². The number of nitrogens with one attached hydrogen (secondary N) is 1. The molecule has 0 atom stereocenters. The summed E-state index contributed by atoms with van der Waals surface area (Å²) in [6.45, 7) is 2.75. The van der Waals surface area contributed by atoms with Crippen LogP contribution < -0.4 is 5.32 Å². The third kappa shape index (κ3) is 4.47. The number of amides is 1. The monoisotopic (exact) mass is 440 g/mol. The molecule has 5 rings (SSSR count). The second-order valence-corrected chi connectivity index (χ2v) is 8.65. The third-order valence-corrected chi connectivity index (χ3v) is 6.49. The highest BCUT2D eigenvalue weighted by Gasteiger charge is 2.21. The summed E-state index contributed by atoms with van der Waals surface area (Å²) in [6, 6.07) is 19.5. The van der Waals surface area contributed by atoms with Crippen LogP contribution in [0.1, 0.15) is 34.5 Å². The van der Waals surface area contributed by atoms with Gasteiger partial charge in [-0.3, -0.25) is 14.7 Å². The van der Waals surface area contributed by atoms with Crippen molar-refractivity contribution in [2.45, 2.75) is 19.4 Å². The van der Waals surface area contributed by atoms with Crippen molar-refractivity contribution in [1.82, 2.24) is 20.2 Å². The smallest absolute Gasteiger partial charge is 0.255 e. The van der Waals surface area contributed by atoms with Gasteiger partial charge in [-0.2, -0.15) is 0 Å². The number of carbonyl (C=O) groups excluding carboxylic acids is 1. The highest BCUT2D eigenvalue weighted by atomic mass is 32.1. The molecule has 0 saturated carbocycles. The quantitative estimate of drug-likeness (QED) is 0.467. The highest BCUT2D eigenvalue weighted by Crippen LogP contribution is 2.30. The standard InChI is InChI=1S/C26H24N4OS/c31-26(21-6-2-1-3-7-21)29-25(23-10-4-8-19-9-5-13-27-24(19)23)20-11-14-30(15-12-20)16-22-17-32-18-28-22/h1-10,13,17-18H,11-12,14-16H2,(H,29,31). The molecule has 1 N–H and O–H groups in total. The van der Waals surface area contributed by atoms with Crippen LogP contribution in [-0.4, -0.2) is 33.9 Å². The fraction of sp³-hybridized carbons (Fsp3) is 0.192. The van der Waals surface area contributed by atoms with Gasteiger partial charge < -0.3 is 5.32 Å². The summed E-state index contributed by atoms with van der Waals surface area (Å²) in [5.41, 5.74) is 7.72. The number of likely N-dealkylation sites (tertiary alicyclic amines) is 1. The van der Waals surface area contributed by atoms with Crippen LogP contribution >= 0.6 is 11.3 Å². The molecular weight excluding hydrogens is 416 g/mol. The molecule has 32 heavy (non-hydrogen) atoms. The first kappa shape index (κ1) is 20.5. The van der Waals surface area contributed by atoms with Crippen LogP contribution in [0, 0.1) is 0 Å². The van der Waals surface area contributed by atoms with Gasteiger partial charge in [0.2, 0.25) is 0 Å². The molecule has 1 saturated heterocycles. The van der Waals surface area contributed by atoms with Gasteiger partial charge in [0.1, 0.15) is 0 Å². The number of hydrogen-bond acceptors (Lipinski definition) is 5. The summed E-state index contributed by atoms with van der Waals surface area (Å²) in [4.78, 5) is 24.6. The van der Waals surface area contributed by atoms with E-state index in [1.807, 2.05) is 54.2 Å². The summed E-state index contributed by atoms with van der Waals surface area (Å²) in [5.74, 6) is -0.0917. The SMILES string of the molecule is O=C(NC(=C1CCN(Cc2cscn2)CC1)c1cccc2cccnc12)c1ccccc1. The van der Waals surface area contributed by atoms with Crippen molar-refractivity contribution in [3.8, 4) is 0 Å².